The molecule has 0 heterocycles. The van der Waals surface area contributed by atoms with Gasteiger partial charge < -0.3 is 10.2 Å². The topological polar surface area (TPSA) is 86.8 Å². The summed E-state index contributed by atoms with van der Waals surface area (Å²) in [6.45, 7) is 6.90. The van der Waals surface area contributed by atoms with Crippen molar-refractivity contribution in [1.29, 1.82) is 0 Å². The van der Waals surface area contributed by atoms with Crippen LogP contribution in [-0.4, -0.2) is 43.3 Å². The first-order chi connectivity index (χ1) is 21.6. The molecular weight excluding hydrogens is 709 g/mol. The van der Waals surface area contributed by atoms with E-state index in [1.165, 1.54) is 35.2 Å². The second-order valence-corrected chi connectivity index (χ2v) is 15.6. The maximum atomic E-state index is 14.6. The van der Waals surface area contributed by atoms with Crippen molar-refractivity contribution in [3.05, 3.63) is 128 Å². The Bertz CT molecular complexity index is 1800. The van der Waals surface area contributed by atoms with Crippen molar-refractivity contribution in [3.8, 4) is 0 Å². The van der Waals surface area contributed by atoms with Gasteiger partial charge in [-0.3, -0.25) is 13.9 Å². The van der Waals surface area contributed by atoms with E-state index in [0.717, 1.165) is 25.5 Å². The number of amides is 2. The molecule has 7 nitrogen and oxygen atoms in total. The Labute approximate surface area is 289 Å². The van der Waals surface area contributed by atoms with Crippen LogP contribution >= 0.6 is 39.1 Å². The number of nitrogens with zero attached hydrogens (tertiary/aromatic N) is 2. The Balaban J connectivity index is 1.84. The zero-order valence-corrected chi connectivity index (χ0v) is 29.9. The van der Waals surface area contributed by atoms with Crippen LogP contribution in [0.25, 0.3) is 0 Å². The van der Waals surface area contributed by atoms with Crippen LogP contribution in [0.15, 0.2) is 106 Å². The number of hydrogen-bond acceptors (Lipinski definition) is 4. The van der Waals surface area contributed by atoms with Crippen molar-refractivity contribution in [2.45, 2.75) is 57.1 Å². The van der Waals surface area contributed by atoms with Gasteiger partial charge in [-0.15, -0.1) is 0 Å². The maximum absolute atomic E-state index is 14.6. The van der Waals surface area contributed by atoms with Crippen LogP contribution in [0.2, 0.25) is 10.0 Å². The van der Waals surface area contributed by atoms with Crippen molar-refractivity contribution in [3.63, 3.8) is 0 Å². The molecule has 0 radical (unpaired) electrons. The highest BCUT2D eigenvalue weighted by atomic mass is 79.9. The van der Waals surface area contributed by atoms with Gasteiger partial charge in [0.25, 0.3) is 10.0 Å². The van der Waals surface area contributed by atoms with Gasteiger partial charge in [0.05, 0.1) is 20.6 Å². The lowest BCUT2D eigenvalue weighted by Gasteiger charge is -2.35. The number of rotatable bonds is 11. The van der Waals surface area contributed by atoms with Gasteiger partial charge in [0.2, 0.25) is 11.8 Å². The summed E-state index contributed by atoms with van der Waals surface area (Å²) in [5.74, 6) is -0.936. The fourth-order valence-electron chi connectivity index (χ4n) is 4.85. The number of carbonyl (C=O) groups excluding carboxylic acids is 2. The van der Waals surface area contributed by atoms with Gasteiger partial charge in [0, 0.05) is 23.0 Å². The Morgan fingerprint density at radius 2 is 1.50 bits per heavy atom. The van der Waals surface area contributed by atoms with Crippen LogP contribution < -0.4 is 9.62 Å². The molecule has 0 spiro atoms. The fraction of sp³-hybridized carbons (Fsp3) is 0.257. The molecule has 0 aliphatic rings. The Hall–Kier alpha value is -3.37. The average molecular weight is 746 g/mol. The number of carbonyl (C=O) groups is 2. The summed E-state index contributed by atoms with van der Waals surface area (Å²) in [4.78, 5) is 30.0. The molecule has 0 aromatic heterocycles. The molecule has 0 aliphatic carbocycles. The Morgan fingerprint density at radius 3 is 2.11 bits per heavy atom. The summed E-state index contributed by atoms with van der Waals surface area (Å²) in [5.41, 5.74) is 2.05. The first kappa shape index (κ1) is 35.5. The molecular formula is C35H36BrCl2N3O4S. The molecule has 4 aromatic carbocycles. The summed E-state index contributed by atoms with van der Waals surface area (Å²) in [5, 5.41) is 3.40. The Kier molecular flexibility index (Phi) is 11.6. The van der Waals surface area contributed by atoms with E-state index in [4.69, 9.17) is 23.2 Å². The number of benzene rings is 4. The molecule has 0 saturated heterocycles. The molecule has 2 amide bonds. The fourth-order valence-corrected chi connectivity index (χ4v) is 6.99. The van der Waals surface area contributed by atoms with Crippen molar-refractivity contribution < 1.29 is 18.0 Å². The normalized spacial score (nSPS) is 12.3. The monoisotopic (exact) mass is 743 g/mol. The highest BCUT2D eigenvalue weighted by Gasteiger charge is 2.35. The van der Waals surface area contributed by atoms with Crippen molar-refractivity contribution in [1.82, 2.24) is 10.2 Å². The number of halogens is 3. The van der Waals surface area contributed by atoms with E-state index >= 15 is 0 Å². The zero-order chi connectivity index (χ0) is 33.6. The van der Waals surface area contributed by atoms with Crippen LogP contribution in [0.5, 0.6) is 0 Å². The molecule has 1 N–H and O–H groups in total. The highest BCUT2D eigenvalue weighted by Crippen LogP contribution is 2.31. The number of nitrogens with one attached hydrogen (secondary N) is 1. The van der Waals surface area contributed by atoms with Crippen LogP contribution in [0.1, 0.15) is 37.5 Å². The first-order valence-corrected chi connectivity index (χ1v) is 17.6. The quantitative estimate of drug-likeness (QED) is 0.170. The first-order valence-electron chi connectivity index (χ1n) is 14.6. The summed E-state index contributed by atoms with van der Waals surface area (Å²) >= 11 is 16.0. The molecule has 0 saturated carbocycles. The Morgan fingerprint density at radius 1 is 0.848 bits per heavy atom. The van der Waals surface area contributed by atoms with Gasteiger partial charge >= 0.3 is 0 Å². The zero-order valence-electron chi connectivity index (χ0n) is 26.0. The maximum Gasteiger partial charge on any atom is 0.264 e. The van der Waals surface area contributed by atoms with Crippen molar-refractivity contribution in [2.24, 2.45) is 0 Å². The van der Waals surface area contributed by atoms with Gasteiger partial charge in [0.15, 0.2) is 0 Å². The molecule has 46 heavy (non-hydrogen) atoms. The highest BCUT2D eigenvalue weighted by molar-refractivity contribution is 9.10. The second-order valence-electron chi connectivity index (χ2n) is 12.0. The summed E-state index contributed by atoms with van der Waals surface area (Å²) < 4.78 is 30.2. The van der Waals surface area contributed by atoms with Crippen LogP contribution in [0.3, 0.4) is 0 Å². The van der Waals surface area contributed by atoms with E-state index < -0.39 is 34.1 Å². The SMILES string of the molecule is Cc1ccc(S(=O)(=O)N(CC(=O)N(Cc2cccc(Br)c2)C(Cc2ccccc2)C(=O)NC(C)(C)C)c2ccc(Cl)c(Cl)c2)cc1. The van der Waals surface area contributed by atoms with E-state index in [0.29, 0.717) is 0 Å². The molecule has 4 rings (SSSR count). The third kappa shape index (κ3) is 9.35. The summed E-state index contributed by atoms with van der Waals surface area (Å²) in [6.07, 6.45) is 0.208. The number of anilines is 1. The van der Waals surface area contributed by atoms with E-state index in [1.807, 2.05) is 82.3 Å². The molecule has 0 fully saturated rings. The minimum atomic E-state index is -4.27. The lowest BCUT2D eigenvalue weighted by atomic mass is 10.0. The van der Waals surface area contributed by atoms with Gasteiger partial charge in [-0.05, 0) is 81.3 Å². The molecule has 11 heteroatoms. The largest absolute Gasteiger partial charge is 0.350 e. The van der Waals surface area contributed by atoms with Crippen LogP contribution in [0.4, 0.5) is 5.69 Å². The van der Waals surface area contributed by atoms with Crippen LogP contribution in [0, 0.1) is 6.92 Å². The third-order valence-electron chi connectivity index (χ3n) is 7.09. The molecule has 242 valence electrons. The number of aryl methyl sites for hydroxylation is 1. The third-order valence-corrected chi connectivity index (χ3v) is 10.1. The predicted octanol–water partition coefficient (Wildman–Crippen LogP) is 7.81. The van der Waals surface area contributed by atoms with Gasteiger partial charge in [-0.1, -0.05) is 99.3 Å². The van der Waals surface area contributed by atoms with E-state index in [9.17, 15) is 18.0 Å². The minimum Gasteiger partial charge on any atom is -0.350 e. The van der Waals surface area contributed by atoms with Gasteiger partial charge in [-0.2, -0.15) is 0 Å². The standard InChI is InChI=1S/C35H36BrCl2N3O4S/c1-24-13-16-29(17-14-24)46(44,45)41(28-15-18-30(37)31(38)21-28)23-33(42)40(22-26-11-8-12-27(36)19-26)32(34(43)39-35(2,3)4)20-25-9-6-5-7-10-25/h5-19,21,32H,20,22-23H2,1-4H3,(H,39,43). The smallest absolute Gasteiger partial charge is 0.264 e. The van der Waals surface area contributed by atoms with E-state index in [-0.39, 0.29) is 39.5 Å². The molecule has 0 bridgehead atoms. The summed E-state index contributed by atoms with van der Waals surface area (Å²) in [6, 6.07) is 26.6. The van der Waals surface area contributed by atoms with Crippen molar-refractivity contribution in [2.75, 3.05) is 10.8 Å². The summed E-state index contributed by atoms with van der Waals surface area (Å²) in [7, 11) is -4.27. The van der Waals surface area contributed by atoms with Crippen molar-refractivity contribution >= 4 is 66.7 Å². The molecule has 0 aliphatic heterocycles. The number of hydrogen-bond donors (Lipinski definition) is 1. The molecule has 4 aromatic rings. The average Bonchev–Trinajstić information content (AvgIpc) is 2.99. The predicted molar refractivity (Wildman–Crippen MR) is 189 cm³/mol. The van der Waals surface area contributed by atoms with Crippen LogP contribution in [-0.2, 0) is 32.6 Å². The van der Waals surface area contributed by atoms with Gasteiger partial charge in [0.1, 0.15) is 12.6 Å². The van der Waals surface area contributed by atoms with E-state index in [1.54, 1.807) is 12.1 Å². The lowest BCUT2D eigenvalue weighted by molar-refractivity contribution is -0.140. The lowest BCUT2D eigenvalue weighted by Crippen LogP contribution is -2.56. The molecule has 1 atom stereocenters. The number of sulfonamides is 1. The van der Waals surface area contributed by atoms with Gasteiger partial charge in [-0.25, -0.2) is 8.42 Å². The molecule has 1 unspecified atom stereocenters. The second kappa shape index (κ2) is 15.0. The minimum absolute atomic E-state index is 0.00169. The van der Waals surface area contributed by atoms with E-state index in [2.05, 4.69) is 21.2 Å².